The van der Waals surface area contributed by atoms with Gasteiger partial charge in [-0.15, -0.1) is 0 Å². The quantitative estimate of drug-likeness (QED) is 0.897. The van der Waals surface area contributed by atoms with Crippen molar-refractivity contribution in [2.45, 2.75) is 25.8 Å². The van der Waals surface area contributed by atoms with Gasteiger partial charge in [-0.05, 0) is 44.0 Å². The number of carboxylic acids is 1. The van der Waals surface area contributed by atoms with Crippen LogP contribution in [0.3, 0.4) is 0 Å². The van der Waals surface area contributed by atoms with E-state index in [9.17, 15) is 9.90 Å². The molecule has 0 saturated carbocycles. The van der Waals surface area contributed by atoms with Gasteiger partial charge in [0.25, 0.3) is 0 Å². The maximum atomic E-state index is 11.3. The molecule has 0 spiro atoms. The molecular weight excluding hydrogens is 240 g/mol. The molecule has 1 N–H and O–H groups in total. The van der Waals surface area contributed by atoms with Crippen molar-refractivity contribution in [3.8, 4) is 0 Å². The van der Waals surface area contributed by atoms with Gasteiger partial charge in [0, 0.05) is 29.9 Å². The van der Waals surface area contributed by atoms with Crippen LogP contribution >= 0.6 is 0 Å². The first-order valence-corrected chi connectivity index (χ1v) is 6.55. The predicted molar refractivity (Wildman–Crippen MR) is 74.7 cm³/mol. The lowest BCUT2D eigenvalue weighted by Gasteiger charge is -2.24. The molecule has 1 aromatic carbocycles. The van der Waals surface area contributed by atoms with Crippen LogP contribution in [0, 0.1) is 0 Å². The van der Waals surface area contributed by atoms with E-state index in [2.05, 4.69) is 16.8 Å². The lowest BCUT2D eigenvalue weighted by Crippen LogP contribution is -2.26. The van der Waals surface area contributed by atoms with Gasteiger partial charge < -0.3 is 10.0 Å². The monoisotopic (exact) mass is 256 g/mol. The number of hydrogen-bond donors (Lipinski definition) is 1. The van der Waals surface area contributed by atoms with E-state index >= 15 is 0 Å². The van der Waals surface area contributed by atoms with E-state index in [4.69, 9.17) is 0 Å². The maximum Gasteiger partial charge on any atom is 0.336 e. The summed E-state index contributed by atoms with van der Waals surface area (Å²) in [6.45, 7) is 3.24. The molecule has 4 nitrogen and oxygen atoms in total. The Morgan fingerprint density at radius 1 is 1.42 bits per heavy atom. The molecule has 3 rings (SSSR count). The molecular formula is C15H16N2O2. The SMILES string of the molecule is C[C@H]1CCCN1c1ccc2nccc(C(=O)O)c2c1. The molecule has 1 saturated heterocycles. The first-order valence-electron chi connectivity index (χ1n) is 6.55. The molecule has 2 heterocycles. The number of benzene rings is 1. The van der Waals surface area contributed by atoms with Crippen molar-refractivity contribution in [2.24, 2.45) is 0 Å². The normalized spacial score (nSPS) is 19.0. The zero-order valence-electron chi connectivity index (χ0n) is 10.8. The number of aromatic carboxylic acids is 1. The van der Waals surface area contributed by atoms with Crippen LogP contribution in [0.15, 0.2) is 30.5 Å². The minimum absolute atomic E-state index is 0.318. The van der Waals surface area contributed by atoms with Crippen LogP contribution in [0.2, 0.25) is 0 Å². The Kier molecular flexibility index (Phi) is 2.85. The van der Waals surface area contributed by atoms with Crippen molar-refractivity contribution < 1.29 is 9.90 Å². The van der Waals surface area contributed by atoms with Crippen molar-refractivity contribution in [3.63, 3.8) is 0 Å². The summed E-state index contributed by atoms with van der Waals surface area (Å²) in [5.74, 6) is -0.904. The summed E-state index contributed by atoms with van der Waals surface area (Å²) in [6, 6.07) is 7.96. The molecule has 98 valence electrons. The standard InChI is InChI=1S/C15H16N2O2/c1-10-3-2-8-17(10)11-4-5-14-13(9-11)12(15(18)19)6-7-16-14/h4-7,9-10H,2-3,8H2,1H3,(H,18,19)/t10-/m0/s1. The smallest absolute Gasteiger partial charge is 0.336 e. The van der Waals surface area contributed by atoms with Gasteiger partial charge in [-0.25, -0.2) is 4.79 Å². The molecule has 1 aliphatic rings. The Morgan fingerprint density at radius 3 is 2.95 bits per heavy atom. The van der Waals surface area contributed by atoms with Crippen LogP contribution in [0.4, 0.5) is 5.69 Å². The number of carbonyl (C=O) groups is 1. The second-order valence-corrected chi connectivity index (χ2v) is 5.05. The van der Waals surface area contributed by atoms with Crippen molar-refractivity contribution >= 4 is 22.6 Å². The molecule has 0 unspecified atom stereocenters. The van der Waals surface area contributed by atoms with E-state index in [0.717, 1.165) is 17.7 Å². The molecule has 1 aromatic heterocycles. The van der Waals surface area contributed by atoms with E-state index in [1.54, 1.807) is 12.3 Å². The van der Waals surface area contributed by atoms with Crippen LogP contribution < -0.4 is 4.90 Å². The number of anilines is 1. The minimum Gasteiger partial charge on any atom is -0.478 e. The number of rotatable bonds is 2. The second kappa shape index (κ2) is 4.53. The molecule has 0 aliphatic carbocycles. The largest absolute Gasteiger partial charge is 0.478 e. The first-order chi connectivity index (χ1) is 9.16. The second-order valence-electron chi connectivity index (χ2n) is 5.05. The van der Waals surface area contributed by atoms with Crippen LogP contribution in [0.25, 0.3) is 10.9 Å². The van der Waals surface area contributed by atoms with Crippen molar-refractivity contribution in [2.75, 3.05) is 11.4 Å². The number of aromatic nitrogens is 1. The Bertz CT molecular complexity index is 639. The molecule has 19 heavy (non-hydrogen) atoms. The summed E-state index contributed by atoms with van der Waals surface area (Å²) in [6.07, 6.45) is 3.93. The highest BCUT2D eigenvalue weighted by Gasteiger charge is 2.21. The number of nitrogens with zero attached hydrogens (tertiary/aromatic N) is 2. The van der Waals surface area contributed by atoms with E-state index in [1.165, 1.54) is 12.8 Å². The Labute approximate surface area is 111 Å². The zero-order chi connectivity index (χ0) is 13.4. The first kappa shape index (κ1) is 12.0. The summed E-state index contributed by atoms with van der Waals surface area (Å²) in [5.41, 5.74) is 2.14. The average Bonchev–Trinajstić information content (AvgIpc) is 2.83. The Hall–Kier alpha value is -2.10. The number of carboxylic acid groups (broad SMARTS) is 1. The number of hydrogen-bond acceptors (Lipinski definition) is 3. The molecule has 0 amide bonds. The van der Waals surface area contributed by atoms with Crippen LogP contribution in [0.5, 0.6) is 0 Å². The molecule has 1 aliphatic heterocycles. The highest BCUT2D eigenvalue weighted by Crippen LogP contribution is 2.29. The fraction of sp³-hybridized carbons (Fsp3) is 0.333. The molecule has 1 atom stereocenters. The minimum atomic E-state index is -0.904. The van der Waals surface area contributed by atoms with E-state index in [-0.39, 0.29) is 0 Å². The highest BCUT2D eigenvalue weighted by molar-refractivity contribution is 6.03. The third-order valence-corrected chi connectivity index (χ3v) is 3.84. The van der Waals surface area contributed by atoms with Gasteiger partial charge >= 0.3 is 5.97 Å². The van der Waals surface area contributed by atoms with Crippen LogP contribution in [0.1, 0.15) is 30.1 Å². The predicted octanol–water partition coefficient (Wildman–Crippen LogP) is 2.92. The lowest BCUT2D eigenvalue weighted by molar-refractivity contribution is 0.0699. The number of pyridine rings is 1. The van der Waals surface area contributed by atoms with Crippen molar-refractivity contribution in [1.82, 2.24) is 4.98 Å². The highest BCUT2D eigenvalue weighted by atomic mass is 16.4. The van der Waals surface area contributed by atoms with Gasteiger partial charge in [0.05, 0.1) is 11.1 Å². The van der Waals surface area contributed by atoms with Gasteiger partial charge in [0.2, 0.25) is 0 Å². The lowest BCUT2D eigenvalue weighted by atomic mass is 10.1. The zero-order valence-corrected chi connectivity index (χ0v) is 10.8. The molecule has 2 aromatic rings. The van der Waals surface area contributed by atoms with Crippen LogP contribution in [-0.4, -0.2) is 28.6 Å². The summed E-state index contributed by atoms with van der Waals surface area (Å²) in [4.78, 5) is 17.8. The van der Waals surface area contributed by atoms with Gasteiger partial charge in [0.15, 0.2) is 0 Å². The summed E-state index contributed by atoms with van der Waals surface area (Å²) >= 11 is 0. The maximum absolute atomic E-state index is 11.3. The van der Waals surface area contributed by atoms with Gasteiger partial charge in [0.1, 0.15) is 0 Å². The Balaban J connectivity index is 2.13. The third-order valence-electron chi connectivity index (χ3n) is 3.84. The molecule has 4 heteroatoms. The third kappa shape index (κ3) is 2.03. The molecule has 0 bridgehead atoms. The molecule has 0 radical (unpaired) electrons. The summed E-state index contributed by atoms with van der Waals surface area (Å²) in [5, 5.41) is 9.96. The van der Waals surface area contributed by atoms with Gasteiger partial charge in [-0.3, -0.25) is 4.98 Å². The van der Waals surface area contributed by atoms with E-state index in [1.807, 2.05) is 18.2 Å². The van der Waals surface area contributed by atoms with E-state index < -0.39 is 5.97 Å². The van der Waals surface area contributed by atoms with Gasteiger partial charge in [-0.2, -0.15) is 0 Å². The van der Waals surface area contributed by atoms with Crippen LogP contribution in [-0.2, 0) is 0 Å². The van der Waals surface area contributed by atoms with Crippen molar-refractivity contribution in [1.29, 1.82) is 0 Å². The van der Waals surface area contributed by atoms with E-state index in [0.29, 0.717) is 17.0 Å². The number of fused-ring (bicyclic) bond motifs is 1. The van der Waals surface area contributed by atoms with Crippen molar-refractivity contribution in [3.05, 3.63) is 36.0 Å². The topological polar surface area (TPSA) is 53.4 Å². The van der Waals surface area contributed by atoms with Gasteiger partial charge in [-0.1, -0.05) is 0 Å². The summed E-state index contributed by atoms with van der Waals surface area (Å²) < 4.78 is 0. The summed E-state index contributed by atoms with van der Waals surface area (Å²) in [7, 11) is 0. The Morgan fingerprint density at radius 2 is 2.26 bits per heavy atom. The average molecular weight is 256 g/mol. The fourth-order valence-corrected chi connectivity index (χ4v) is 2.82. The fourth-order valence-electron chi connectivity index (χ4n) is 2.82. The molecule has 1 fully saturated rings.